The number of hydrogen-bond acceptors (Lipinski definition) is 5. The fraction of sp³-hybridized carbons (Fsp3) is 0.476. The van der Waals surface area contributed by atoms with E-state index >= 15 is 0 Å². The number of carbonyl (C=O) groups excluding carboxylic acids is 2. The van der Waals surface area contributed by atoms with Crippen LogP contribution in [0, 0.1) is 0 Å². The lowest BCUT2D eigenvalue weighted by Gasteiger charge is -2.25. The van der Waals surface area contributed by atoms with Crippen LogP contribution in [0.5, 0.6) is 0 Å². The first kappa shape index (κ1) is 20.7. The molecule has 1 heterocycles. The van der Waals surface area contributed by atoms with Crippen molar-refractivity contribution in [1.29, 1.82) is 0 Å². The number of nitrogens with zero attached hydrogens (tertiary/aromatic N) is 2. The zero-order chi connectivity index (χ0) is 19.8. The van der Waals surface area contributed by atoms with Crippen molar-refractivity contribution in [3.8, 4) is 0 Å². The second-order valence-electron chi connectivity index (χ2n) is 6.80. The molecule has 0 unspecified atom stereocenters. The Kier molecular flexibility index (Phi) is 7.58. The van der Waals surface area contributed by atoms with E-state index in [1.54, 1.807) is 4.90 Å². The number of aryl methyl sites for hydroxylation is 1. The average molecular weight is 372 g/mol. The number of methoxy groups -OCH3 is 1. The Morgan fingerprint density at radius 2 is 1.89 bits per heavy atom. The van der Waals surface area contributed by atoms with E-state index in [0.717, 1.165) is 12.8 Å². The SMILES string of the molecule is CCCCCc1ccc(C(=O)N(Cc2nc(C(=O)OC)co2)C(C)C)cc1. The zero-order valence-electron chi connectivity index (χ0n) is 16.5. The van der Waals surface area contributed by atoms with Gasteiger partial charge < -0.3 is 14.1 Å². The lowest BCUT2D eigenvalue weighted by molar-refractivity contribution is 0.0593. The molecule has 0 bridgehead atoms. The highest BCUT2D eigenvalue weighted by molar-refractivity contribution is 5.94. The van der Waals surface area contributed by atoms with E-state index in [-0.39, 0.29) is 24.2 Å². The summed E-state index contributed by atoms with van der Waals surface area (Å²) in [7, 11) is 1.28. The van der Waals surface area contributed by atoms with Crippen molar-refractivity contribution in [3.05, 3.63) is 53.2 Å². The Hall–Kier alpha value is -2.63. The molecule has 0 saturated heterocycles. The number of oxazole rings is 1. The summed E-state index contributed by atoms with van der Waals surface area (Å²) in [6.45, 7) is 6.23. The van der Waals surface area contributed by atoms with Gasteiger partial charge in [-0.1, -0.05) is 31.9 Å². The number of ether oxygens (including phenoxy) is 1. The van der Waals surface area contributed by atoms with E-state index in [1.807, 2.05) is 38.1 Å². The maximum atomic E-state index is 12.9. The molecule has 146 valence electrons. The standard InChI is InChI=1S/C21H28N2O4/c1-5-6-7-8-16-9-11-17(12-10-16)20(24)23(15(2)3)13-19-22-18(14-27-19)21(25)26-4/h9-12,14-15H,5-8,13H2,1-4H3. The maximum Gasteiger partial charge on any atom is 0.360 e. The molecule has 2 rings (SSSR count). The molecule has 27 heavy (non-hydrogen) atoms. The Bertz CT molecular complexity index is 750. The molecular weight excluding hydrogens is 344 g/mol. The van der Waals surface area contributed by atoms with Crippen molar-refractivity contribution in [2.24, 2.45) is 0 Å². The molecule has 0 fully saturated rings. The number of amides is 1. The number of esters is 1. The minimum absolute atomic E-state index is 0.0461. The third-order valence-electron chi connectivity index (χ3n) is 4.41. The van der Waals surface area contributed by atoms with Gasteiger partial charge in [-0.25, -0.2) is 9.78 Å². The van der Waals surface area contributed by atoms with Gasteiger partial charge >= 0.3 is 5.97 Å². The van der Waals surface area contributed by atoms with Gasteiger partial charge in [-0.2, -0.15) is 0 Å². The van der Waals surface area contributed by atoms with Crippen LogP contribution in [0.25, 0.3) is 0 Å². The molecule has 1 aromatic heterocycles. The number of rotatable bonds is 9. The van der Waals surface area contributed by atoms with Crippen molar-refractivity contribution in [3.63, 3.8) is 0 Å². The third-order valence-corrected chi connectivity index (χ3v) is 4.41. The Morgan fingerprint density at radius 1 is 1.19 bits per heavy atom. The van der Waals surface area contributed by atoms with E-state index in [0.29, 0.717) is 11.5 Å². The molecule has 0 aliphatic heterocycles. The lowest BCUT2D eigenvalue weighted by atomic mass is 10.0. The highest BCUT2D eigenvalue weighted by Crippen LogP contribution is 2.15. The van der Waals surface area contributed by atoms with E-state index in [1.165, 1.54) is 31.8 Å². The first-order valence-electron chi connectivity index (χ1n) is 9.38. The Labute approximate surface area is 160 Å². The van der Waals surface area contributed by atoms with Gasteiger partial charge in [0, 0.05) is 11.6 Å². The smallest absolute Gasteiger partial charge is 0.360 e. The van der Waals surface area contributed by atoms with Crippen LogP contribution in [0.1, 0.15) is 72.3 Å². The molecule has 0 spiro atoms. The monoisotopic (exact) mass is 372 g/mol. The second kappa shape index (κ2) is 9.90. The van der Waals surface area contributed by atoms with Gasteiger partial charge in [0.1, 0.15) is 6.26 Å². The van der Waals surface area contributed by atoms with Gasteiger partial charge in [0.25, 0.3) is 5.91 Å². The summed E-state index contributed by atoms with van der Waals surface area (Å²) >= 11 is 0. The molecule has 2 aromatic rings. The van der Waals surface area contributed by atoms with E-state index in [4.69, 9.17) is 4.42 Å². The van der Waals surface area contributed by atoms with Gasteiger partial charge in [-0.15, -0.1) is 0 Å². The van der Waals surface area contributed by atoms with Crippen LogP contribution >= 0.6 is 0 Å². The number of benzene rings is 1. The van der Waals surface area contributed by atoms with Crippen LogP contribution in [0.2, 0.25) is 0 Å². The van der Waals surface area contributed by atoms with Crippen LogP contribution in [0.3, 0.4) is 0 Å². The second-order valence-corrected chi connectivity index (χ2v) is 6.80. The Balaban J connectivity index is 2.08. The zero-order valence-corrected chi connectivity index (χ0v) is 16.5. The van der Waals surface area contributed by atoms with E-state index < -0.39 is 5.97 Å². The van der Waals surface area contributed by atoms with Gasteiger partial charge in [-0.3, -0.25) is 4.79 Å². The quantitative estimate of drug-likeness (QED) is 0.486. The predicted octanol–water partition coefficient (Wildman–Crippen LogP) is 4.24. The largest absolute Gasteiger partial charge is 0.464 e. The molecule has 6 nitrogen and oxygen atoms in total. The number of hydrogen-bond donors (Lipinski definition) is 0. The highest BCUT2D eigenvalue weighted by atomic mass is 16.5. The van der Waals surface area contributed by atoms with Crippen LogP contribution in [0.15, 0.2) is 34.9 Å². The Morgan fingerprint density at radius 3 is 2.48 bits per heavy atom. The van der Waals surface area contributed by atoms with Crippen molar-refractivity contribution in [1.82, 2.24) is 9.88 Å². The summed E-state index contributed by atoms with van der Waals surface area (Å²) in [5, 5.41) is 0. The predicted molar refractivity (Wildman–Crippen MR) is 103 cm³/mol. The topological polar surface area (TPSA) is 72.6 Å². The summed E-state index contributed by atoms with van der Waals surface area (Å²) in [5.41, 5.74) is 1.97. The van der Waals surface area contributed by atoms with Crippen LogP contribution in [-0.2, 0) is 17.7 Å². The lowest BCUT2D eigenvalue weighted by Crippen LogP contribution is -2.36. The third kappa shape index (κ3) is 5.67. The molecular formula is C21H28N2O4. The molecule has 0 atom stereocenters. The van der Waals surface area contributed by atoms with Crippen LogP contribution in [0.4, 0.5) is 0 Å². The summed E-state index contributed by atoms with van der Waals surface area (Å²) in [5.74, 6) is -0.359. The molecule has 1 amide bonds. The first-order chi connectivity index (χ1) is 13.0. The van der Waals surface area contributed by atoms with Crippen LogP contribution in [-0.4, -0.2) is 34.9 Å². The van der Waals surface area contributed by atoms with Crippen molar-refractivity contribution >= 4 is 11.9 Å². The average Bonchev–Trinajstić information content (AvgIpc) is 3.14. The summed E-state index contributed by atoms with van der Waals surface area (Å²) in [6, 6.07) is 7.72. The van der Waals surface area contributed by atoms with Gasteiger partial charge in [0.2, 0.25) is 5.89 Å². The molecule has 0 saturated carbocycles. The number of carbonyl (C=O) groups is 2. The van der Waals surface area contributed by atoms with Crippen LogP contribution < -0.4 is 0 Å². The number of unbranched alkanes of at least 4 members (excludes halogenated alkanes) is 2. The van der Waals surface area contributed by atoms with Crippen molar-refractivity contribution in [2.75, 3.05) is 7.11 Å². The fourth-order valence-electron chi connectivity index (χ4n) is 2.78. The molecule has 0 N–H and O–H groups in total. The summed E-state index contributed by atoms with van der Waals surface area (Å²) in [4.78, 5) is 30.2. The normalized spacial score (nSPS) is 10.9. The molecule has 6 heteroatoms. The molecule has 0 aliphatic rings. The molecule has 1 aromatic carbocycles. The van der Waals surface area contributed by atoms with Gasteiger partial charge in [0.15, 0.2) is 5.69 Å². The minimum Gasteiger partial charge on any atom is -0.464 e. The summed E-state index contributed by atoms with van der Waals surface area (Å²) < 4.78 is 9.95. The first-order valence-corrected chi connectivity index (χ1v) is 9.38. The molecule has 0 aliphatic carbocycles. The maximum absolute atomic E-state index is 12.9. The van der Waals surface area contributed by atoms with E-state index in [2.05, 4.69) is 16.6 Å². The number of aromatic nitrogens is 1. The van der Waals surface area contributed by atoms with Crippen molar-refractivity contribution < 1.29 is 18.7 Å². The van der Waals surface area contributed by atoms with Crippen molar-refractivity contribution in [2.45, 2.75) is 59.0 Å². The summed E-state index contributed by atoms with van der Waals surface area (Å²) in [6.07, 6.45) is 5.84. The van der Waals surface area contributed by atoms with Gasteiger partial charge in [-0.05, 0) is 44.4 Å². The van der Waals surface area contributed by atoms with Gasteiger partial charge in [0.05, 0.1) is 13.7 Å². The van der Waals surface area contributed by atoms with E-state index in [9.17, 15) is 9.59 Å². The minimum atomic E-state index is -0.564. The molecule has 0 radical (unpaired) electrons. The highest BCUT2D eigenvalue weighted by Gasteiger charge is 2.22. The fourth-order valence-corrected chi connectivity index (χ4v) is 2.78.